The Labute approximate surface area is 124 Å². The fraction of sp³-hybridized carbons (Fsp3) is 0.294. The van der Waals surface area contributed by atoms with Crippen LogP contribution in [-0.4, -0.2) is 16.0 Å². The van der Waals surface area contributed by atoms with Crippen molar-refractivity contribution in [2.75, 3.05) is 5.32 Å². The Bertz CT molecular complexity index is 584. The summed E-state index contributed by atoms with van der Waals surface area (Å²) in [4.78, 5) is 16.2. The van der Waals surface area contributed by atoms with Crippen molar-refractivity contribution in [3.8, 4) is 0 Å². The fourth-order valence-electron chi connectivity index (χ4n) is 2.32. The zero-order valence-corrected chi connectivity index (χ0v) is 12.1. The molecule has 4 nitrogen and oxygen atoms in total. The van der Waals surface area contributed by atoms with E-state index in [-0.39, 0.29) is 18.4 Å². The van der Waals surface area contributed by atoms with Crippen LogP contribution >= 0.6 is 0 Å². The van der Waals surface area contributed by atoms with Gasteiger partial charge in [0.05, 0.1) is 18.5 Å². The molecular weight excluding hydrogens is 264 g/mol. The van der Waals surface area contributed by atoms with Crippen molar-refractivity contribution in [3.05, 3.63) is 59.9 Å². The number of aliphatic hydroxyl groups excluding tert-OH is 1. The van der Waals surface area contributed by atoms with Crippen LogP contribution in [0.1, 0.15) is 36.8 Å². The number of hydrogen-bond acceptors (Lipinski definition) is 3. The van der Waals surface area contributed by atoms with Crippen molar-refractivity contribution in [1.29, 1.82) is 0 Å². The van der Waals surface area contributed by atoms with E-state index in [2.05, 4.69) is 17.2 Å². The normalized spacial score (nSPS) is 11.9. The fourth-order valence-corrected chi connectivity index (χ4v) is 2.32. The highest BCUT2D eigenvalue weighted by Gasteiger charge is 2.15. The van der Waals surface area contributed by atoms with E-state index in [0.29, 0.717) is 17.7 Å². The number of benzene rings is 1. The summed E-state index contributed by atoms with van der Waals surface area (Å²) in [6, 6.07) is 11.7. The standard InChI is InChI=1S/C17H20N2O2/c1-2-13(14-6-4-3-5-7-14)10-17(21)19-16-11-18-9-8-15(16)12-20/h3-9,11,13,20H,2,10,12H2,1H3,(H,19,21). The Balaban J connectivity index is 2.03. The second-order valence-electron chi connectivity index (χ2n) is 4.96. The minimum Gasteiger partial charge on any atom is -0.392 e. The van der Waals surface area contributed by atoms with E-state index < -0.39 is 0 Å². The van der Waals surface area contributed by atoms with Crippen LogP contribution < -0.4 is 5.32 Å². The van der Waals surface area contributed by atoms with E-state index >= 15 is 0 Å². The summed E-state index contributed by atoms with van der Waals surface area (Å²) in [6.45, 7) is 1.96. The van der Waals surface area contributed by atoms with Crippen LogP contribution in [0.15, 0.2) is 48.8 Å². The molecule has 1 aromatic carbocycles. The number of aromatic nitrogens is 1. The summed E-state index contributed by atoms with van der Waals surface area (Å²) < 4.78 is 0. The highest BCUT2D eigenvalue weighted by atomic mass is 16.3. The van der Waals surface area contributed by atoms with Crippen molar-refractivity contribution < 1.29 is 9.90 Å². The Morgan fingerprint density at radius 1 is 1.29 bits per heavy atom. The van der Waals surface area contributed by atoms with E-state index in [1.54, 1.807) is 18.5 Å². The number of nitrogens with zero attached hydrogens (tertiary/aromatic N) is 1. The molecule has 21 heavy (non-hydrogen) atoms. The third-order valence-corrected chi connectivity index (χ3v) is 3.55. The van der Waals surface area contributed by atoms with Crippen LogP contribution in [-0.2, 0) is 11.4 Å². The molecule has 1 heterocycles. The first-order chi connectivity index (χ1) is 10.2. The zero-order chi connectivity index (χ0) is 15.1. The maximum Gasteiger partial charge on any atom is 0.225 e. The maximum absolute atomic E-state index is 12.2. The number of nitrogens with one attached hydrogen (secondary N) is 1. The van der Waals surface area contributed by atoms with Crippen molar-refractivity contribution >= 4 is 11.6 Å². The van der Waals surface area contributed by atoms with Gasteiger partial charge in [0.2, 0.25) is 5.91 Å². The predicted molar refractivity (Wildman–Crippen MR) is 82.9 cm³/mol. The van der Waals surface area contributed by atoms with Crippen molar-refractivity contribution in [1.82, 2.24) is 4.98 Å². The van der Waals surface area contributed by atoms with Crippen LogP contribution in [0.3, 0.4) is 0 Å². The van der Waals surface area contributed by atoms with Gasteiger partial charge in [0.15, 0.2) is 0 Å². The number of rotatable bonds is 6. The number of carbonyl (C=O) groups excluding carboxylic acids is 1. The third-order valence-electron chi connectivity index (χ3n) is 3.55. The van der Waals surface area contributed by atoms with Gasteiger partial charge in [-0.3, -0.25) is 9.78 Å². The van der Waals surface area contributed by atoms with Gasteiger partial charge in [0, 0.05) is 18.2 Å². The topological polar surface area (TPSA) is 62.2 Å². The lowest BCUT2D eigenvalue weighted by atomic mass is 9.93. The molecule has 2 aromatic rings. The molecule has 110 valence electrons. The van der Waals surface area contributed by atoms with Crippen LogP contribution in [0.4, 0.5) is 5.69 Å². The molecule has 2 N–H and O–H groups in total. The van der Waals surface area contributed by atoms with Gasteiger partial charge in [-0.05, 0) is 24.0 Å². The van der Waals surface area contributed by atoms with Gasteiger partial charge in [-0.15, -0.1) is 0 Å². The van der Waals surface area contributed by atoms with Gasteiger partial charge in [-0.25, -0.2) is 0 Å². The van der Waals surface area contributed by atoms with Gasteiger partial charge in [-0.2, -0.15) is 0 Å². The Hall–Kier alpha value is -2.20. The minimum absolute atomic E-state index is 0.0617. The largest absolute Gasteiger partial charge is 0.392 e. The monoisotopic (exact) mass is 284 g/mol. The second kappa shape index (κ2) is 7.55. The number of amides is 1. The molecule has 0 saturated heterocycles. The maximum atomic E-state index is 12.2. The Morgan fingerprint density at radius 2 is 2.05 bits per heavy atom. The number of anilines is 1. The predicted octanol–water partition coefficient (Wildman–Crippen LogP) is 3.10. The molecule has 0 bridgehead atoms. The quantitative estimate of drug-likeness (QED) is 0.856. The molecule has 1 unspecified atom stereocenters. The van der Waals surface area contributed by atoms with Crippen LogP contribution in [0.2, 0.25) is 0 Å². The highest BCUT2D eigenvalue weighted by Crippen LogP contribution is 2.24. The number of hydrogen-bond donors (Lipinski definition) is 2. The SMILES string of the molecule is CCC(CC(=O)Nc1cnccc1CO)c1ccccc1. The van der Waals surface area contributed by atoms with E-state index in [9.17, 15) is 9.90 Å². The molecule has 1 amide bonds. The highest BCUT2D eigenvalue weighted by molar-refractivity contribution is 5.91. The number of carbonyl (C=O) groups is 1. The molecule has 2 rings (SSSR count). The van der Waals surface area contributed by atoms with Crippen molar-refractivity contribution in [3.63, 3.8) is 0 Å². The van der Waals surface area contributed by atoms with Gasteiger partial charge in [0.25, 0.3) is 0 Å². The van der Waals surface area contributed by atoms with E-state index in [4.69, 9.17) is 0 Å². The molecule has 0 aliphatic carbocycles. The van der Waals surface area contributed by atoms with Gasteiger partial charge >= 0.3 is 0 Å². The molecule has 0 spiro atoms. The summed E-state index contributed by atoms with van der Waals surface area (Å²) in [5.74, 6) is 0.133. The Kier molecular flexibility index (Phi) is 5.46. The molecule has 4 heteroatoms. The first kappa shape index (κ1) is 15.2. The average Bonchev–Trinajstić information content (AvgIpc) is 2.54. The molecule has 1 aromatic heterocycles. The molecule has 1 atom stereocenters. The lowest BCUT2D eigenvalue weighted by Gasteiger charge is -2.15. The second-order valence-corrected chi connectivity index (χ2v) is 4.96. The first-order valence-electron chi connectivity index (χ1n) is 7.13. The molecule has 0 fully saturated rings. The van der Waals surface area contributed by atoms with Crippen molar-refractivity contribution in [2.45, 2.75) is 32.3 Å². The molecule has 0 saturated carbocycles. The molecule has 0 radical (unpaired) electrons. The summed E-state index contributed by atoms with van der Waals surface area (Å²) in [7, 11) is 0. The lowest BCUT2D eigenvalue weighted by Crippen LogP contribution is -2.16. The van der Waals surface area contributed by atoms with Crippen molar-refractivity contribution in [2.24, 2.45) is 0 Å². The average molecular weight is 284 g/mol. The lowest BCUT2D eigenvalue weighted by molar-refractivity contribution is -0.116. The molecule has 0 aliphatic rings. The molecular formula is C17H20N2O2. The van der Waals surface area contributed by atoms with Gasteiger partial charge < -0.3 is 10.4 Å². The van der Waals surface area contributed by atoms with E-state index in [0.717, 1.165) is 6.42 Å². The Morgan fingerprint density at radius 3 is 2.71 bits per heavy atom. The summed E-state index contributed by atoms with van der Waals surface area (Å²) >= 11 is 0. The first-order valence-corrected chi connectivity index (χ1v) is 7.13. The smallest absolute Gasteiger partial charge is 0.225 e. The van der Waals surface area contributed by atoms with Crippen LogP contribution in [0.5, 0.6) is 0 Å². The van der Waals surface area contributed by atoms with Crippen LogP contribution in [0.25, 0.3) is 0 Å². The summed E-state index contributed by atoms with van der Waals surface area (Å²) in [5, 5.41) is 12.1. The van der Waals surface area contributed by atoms with Gasteiger partial charge in [0.1, 0.15) is 0 Å². The van der Waals surface area contributed by atoms with Gasteiger partial charge in [-0.1, -0.05) is 37.3 Å². The summed E-state index contributed by atoms with van der Waals surface area (Å²) in [6.07, 6.45) is 4.48. The number of aliphatic hydroxyl groups is 1. The van der Waals surface area contributed by atoms with E-state index in [1.165, 1.54) is 5.56 Å². The summed E-state index contributed by atoms with van der Waals surface area (Å²) in [5.41, 5.74) is 2.42. The zero-order valence-electron chi connectivity index (χ0n) is 12.1. The number of pyridine rings is 1. The van der Waals surface area contributed by atoms with Crippen LogP contribution in [0, 0.1) is 0 Å². The third kappa shape index (κ3) is 4.13. The minimum atomic E-state index is -0.117. The molecule has 0 aliphatic heterocycles. The van der Waals surface area contributed by atoms with E-state index in [1.807, 2.05) is 30.3 Å².